The molecule has 0 aromatic carbocycles. The third kappa shape index (κ3) is 1.66. The summed E-state index contributed by atoms with van der Waals surface area (Å²) in [5, 5.41) is 4.13. The number of hydrogen-bond donors (Lipinski definition) is 1. The Morgan fingerprint density at radius 3 is 3.12 bits per heavy atom. The Morgan fingerprint density at radius 2 is 2.35 bits per heavy atom. The average Bonchev–Trinajstić information content (AvgIpc) is 2.94. The highest BCUT2D eigenvalue weighted by atomic mass is 16.2. The Labute approximate surface area is 98.0 Å². The van der Waals surface area contributed by atoms with E-state index in [-0.39, 0.29) is 11.9 Å². The Hall–Kier alpha value is -1.95. The van der Waals surface area contributed by atoms with Crippen LogP contribution in [-0.2, 0) is 0 Å². The van der Waals surface area contributed by atoms with Crippen LogP contribution in [0.1, 0.15) is 16.8 Å². The van der Waals surface area contributed by atoms with Crippen LogP contribution in [0.3, 0.4) is 0 Å². The van der Waals surface area contributed by atoms with Gasteiger partial charge in [-0.15, -0.1) is 0 Å². The quantitative estimate of drug-likeness (QED) is 0.743. The summed E-state index contributed by atoms with van der Waals surface area (Å²) in [6.45, 7) is 1.34. The lowest BCUT2D eigenvalue weighted by molar-refractivity contribution is 0.0793. The van der Waals surface area contributed by atoms with Crippen LogP contribution < -0.4 is 5.73 Å². The fraction of sp³-hybridized carbons (Fsp3) is 0.364. The Kier molecular flexibility index (Phi) is 2.29. The minimum absolute atomic E-state index is 0.0130. The molecule has 6 nitrogen and oxygen atoms in total. The molecule has 3 heterocycles. The van der Waals surface area contributed by atoms with Crippen molar-refractivity contribution in [1.82, 2.24) is 19.5 Å². The maximum atomic E-state index is 12.3. The molecule has 88 valence electrons. The van der Waals surface area contributed by atoms with E-state index in [1.165, 1.54) is 0 Å². The Bertz CT molecular complexity index is 564. The van der Waals surface area contributed by atoms with E-state index in [1.807, 2.05) is 0 Å². The first-order chi connectivity index (χ1) is 8.25. The van der Waals surface area contributed by atoms with Crippen LogP contribution in [0.5, 0.6) is 0 Å². The highest BCUT2D eigenvalue weighted by Gasteiger charge is 2.26. The van der Waals surface area contributed by atoms with Crippen molar-refractivity contribution in [1.29, 1.82) is 0 Å². The minimum atomic E-state index is -0.0130. The molecule has 1 atom stereocenters. The Morgan fingerprint density at radius 1 is 1.47 bits per heavy atom. The molecule has 1 fully saturated rings. The van der Waals surface area contributed by atoms with Gasteiger partial charge < -0.3 is 10.6 Å². The molecule has 2 aromatic heterocycles. The number of carbonyl (C=O) groups excluding carboxylic acids is 1. The summed E-state index contributed by atoms with van der Waals surface area (Å²) in [6, 6.07) is 0.0962. The molecular formula is C11H13N5O. The van der Waals surface area contributed by atoms with Gasteiger partial charge in [-0.1, -0.05) is 0 Å². The van der Waals surface area contributed by atoms with E-state index >= 15 is 0 Å². The molecule has 0 bridgehead atoms. The molecule has 1 unspecified atom stereocenters. The topological polar surface area (TPSA) is 76.5 Å². The fourth-order valence-electron chi connectivity index (χ4n) is 2.14. The van der Waals surface area contributed by atoms with Crippen molar-refractivity contribution >= 4 is 11.4 Å². The number of amides is 1. The van der Waals surface area contributed by atoms with E-state index in [9.17, 15) is 4.79 Å². The Balaban J connectivity index is 1.96. The summed E-state index contributed by atoms with van der Waals surface area (Å²) < 4.78 is 1.65. The van der Waals surface area contributed by atoms with Crippen molar-refractivity contribution in [2.24, 2.45) is 5.73 Å². The lowest BCUT2D eigenvalue weighted by Gasteiger charge is -2.14. The standard InChI is InChI=1S/C11H13N5O/c12-8-1-3-15(7-8)11(17)9-5-14-16-4-2-13-6-10(9)16/h2,4-6,8H,1,3,7,12H2. The van der Waals surface area contributed by atoms with Crippen LogP contribution >= 0.6 is 0 Å². The van der Waals surface area contributed by atoms with Crippen molar-refractivity contribution in [2.75, 3.05) is 13.1 Å². The number of fused-ring (bicyclic) bond motifs is 1. The maximum absolute atomic E-state index is 12.3. The highest BCUT2D eigenvalue weighted by Crippen LogP contribution is 2.15. The third-order valence-corrected chi connectivity index (χ3v) is 3.07. The summed E-state index contributed by atoms with van der Waals surface area (Å²) in [5.74, 6) is -0.0130. The predicted molar refractivity (Wildman–Crippen MR) is 61.5 cm³/mol. The van der Waals surface area contributed by atoms with Crippen LogP contribution in [0.2, 0.25) is 0 Å². The van der Waals surface area contributed by atoms with Gasteiger partial charge in [0, 0.05) is 31.5 Å². The zero-order chi connectivity index (χ0) is 11.8. The molecule has 0 aliphatic carbocycles. The normalized spacial score (nSPS) is 20.1. The van der Waals surface area contributed by atoms with E-state index < -0.39 is 0 Å². The number of nitrogens with zero attached hydrogens (tertiary/aromatic N) is 4. The fourth-order valence-corrected chi connectivity index (χ4v) is 2.14. The molecular weight excluding hydrogens is 218 g/mol. The summed E-state index contributed by atoms with van der Waals surface area (Å²) in [7, 11) is 0. The number of hydrogen-bond acceptors (Lipinski definition) is 4. The van der Waals surface area contributed by atoms with E-state index in [1.54, 1.807) is 34.2 Å². The smallest absolute Gasteiger partial charge is 0.257 e. The number of aromatic nitrogens is 3. The number of nitrogens with two attached hydrogens (primary N) is 1. The summed E-state index contributed by atoms with van der Waals surface area (Å²) >= 11 is 0. The molecule has 2 aromatic rings. The van der Waals surface area contributed by atoms with Gasteiger partial charge in [-0.05, 0) is 6.42 Å². The monoisotopic (exact) mass is 231 g/mol. The number of carbonyl (C=O) groups is 1. The lowest BCUT2D eigenvalue weighted by Crippen LogP contribution is -2.31. The molecule has 2 N–H and O–H groups in total. The van der Waals surface area contributed by atoms with Gasteiger partial charge in [0.2, 0.25) is 0 Å². The van der Waals surface area contributed by atoms with Crippen LogP contribution in [0.4, 0.5) is 0 Å². The van der Waals surface area contributed by atoms with Gasteiger partial charge >= 0.3 is 0 Å². The SMILES string of the molecule is NC1CCN(C(=O)c2cnn3ccncc23)C1. The zero-order valence-electron chi connectivity index (χ0n) is 9.28. The molecule has 1 saturated heterocycles. The minimum Gasteiger partial charge on any atom is -0.337 e. The van der Waals surface area contributed by atoms with Crippen LogP contribution in [-0.4, -0.2) is 44.5 Å². The molecule has 0 radical (unpaired) electrons. The lowest BCUT2D eigenvalue weighted by atomic mass is 10.2. The second kappa shape index (κ2) is 3.81. The molecule has 1 aliphatic rings. The van der Waals surface area contributed by atoms with Crippen molar-refractivity contribution in [3.8, 4) is 0 Å². The first-order valence-electron chi connectivity index (χ1n) is 5.58. The predicted octanol–water partition coefficient (Wildman–Crippen LogP) is -0.0975. The molecule has 0 spiro atoms. The van der Waals surface area contributed by atoms with Gasteiger partial charge in [0.05, 0.1) is 23.5 Å². The van der Waals surface area contributed by atoms with E-state index in [0.717, 1.165) is 18.5 Å². The molecule has 1 amide bonds. The van der Waals surface area contributed by atoms with Gasteiger partial charge in [-0.2, -0.15) is 5.10 Å². The zero-order valence-corrected chi connectivity index (χ0v) is 9.28. The van der Waals surface area contributed by atoms with Gasteiger partial charge in [0.1, 0.15) is 0 Å². The summed E-state index contributed by atoms with van der Waals surface area (Å²) in [4.78, 5) is 18.0. The van der Waals surface area contributed by atoms with Crippen molar-refractivity contribution in [3.05, 3.63) is 30.4 Å². The average molecular weight is 231 g/mol. The van der Waals surface area contributed by atoms with E-state index in [0.29, 0.717) is 12.1 Å². The highest BCUT2D eigenvalue weighted by molar-refractivity contribution is 6.00. The first-order valence-corrected chi connectivity index (χ1v) is 5.58. The first kappa shape index (κ1) is 10.2. The van der Waals surface area contributed by atoms with Gasteiger partial charge in [0.25, 0.3) is 5.91 Å². The van der Waals surface area contributed by atoms with Crippen molar-refractivity contribution in [2.45, 2.75) is 12.5 Å². The maximum Gasteiger partial charge on any atom is 0.257 e. The second-order valence-corrected chi connectivity index (χ2v) is 4.26. The van der Waals surface area contributed by atoms with Crippen LogP contribution in [0.15, 0.2) is 24.8 Å². The van der Waals surface area contributed by atoms with E-state index in [4.69, 9.17) is 5.73 Å². The van der Waals surface area contributed by atoms with Gasteiger partial charge in [-0.25, -0.2) is 4.52 Å². The second-order valence-electron chi connectivity index (χ2n) is 4.26. The molecule has 3 rings (SSSR count). The van der Waals surface area contributed by atoms with Crippen LogP contribution in [0.25, 0.3) is 5.52 Å². The van der Waals surface area contributed by atoms with Crippen molar-refractivity contribution in [3.63, 3.8) is 0 Å². The summed E-state index contributed by atoms with van der Waals surface area (Å²) in [6.07, 6.45) is 7.46. The van der Waals surface area contributed by atoms with Crippen LogP contribution in [0, 0.1) is 0 Å². The van der Waals surface area contributed by atoms with Crippen molar-refractivity contribution < 1.29 is 4.79 Å². The number of likely N-dealkylation sites (tertiary alicyclic amines) is 1. The van der Waals surface area contributed by atoms with E-state index in [2.05, 4.69) is 10.1 Å². The molecule has 1 aliphatic heterocycles. The molecule has 0 saturated carbocycles. The summed E-state index contributed by atoms with van der Waals surface area (Å²) in [5.41, 5.74) is 7.13. The molecule has 6 heteroatoms. The largest absolute Gasteiger partial charge is 0.337 e. The molecule has 17 heavy (non-hydrogen) atoms. The van der Waals surface area contributed by atoms with Gasteiger partial charge in [0.15, 0.2) is 0 Å². The third-order valence-electron chi connectivity index (χ3n) is 3.07. The number of rotatable bonds is 1. The van der Waals surface area contributed by atoms with Gasteiger partial charge in [-0.3, -0.25) is 9.78 Å².